The number of pyridine rings is 1. The van der Waals surface area contributed by atoms with Gasteiger partial charge in [-0.1, -0.05) is 0 Å². The van der Waals surface area contributed by atoms with Crippen molar-refractivity contribution in [2.24, 2.45) is 7.05 Å². The maximum Gasteiger partial charge on any atom is 0.259 e. The van der Waals surface area contributed by atoms with Gasteiger partial charge >= 0.3 is 0 Å². The molecule has 18 heavy (non-hydrogen) atoms. The number of halogens is 1. The highest BCUT2D eigenvalue weighted by atomic mass is 79.9. The van der Waals surface area contributed by atoms with Gasteiger partial charge in [-0.3, -0.25) is 9.48 Å². The molecule has 2 heterocycles. The van der Waals surface area contributed by atoms with Gasteiger partial charge in [-0.2, -0.15) is 5.10 Å². The maximum absolute atomic E-state index is 12.1. The van der Waals surface area contributed by atoms with Crippen LogP contribution in [0, 0.1) is 0 Å². The Kier molecular flexibility index (Phi) is 3.61. The summed E-state index contributed by atoms with van der Waals surface area (Å²) < 4.78 is 2.37. The zero-order valence-corrected chi connectivity index (χ0v) is 11.5. The van der Waals surface area contributed by atoms with Crippen LogP contribution in [0.3, 0.4) is 0 Å². The second-order valence-corrected chi connectivity index (χ2v) is 4.57. The van der Waals surface area contributed by atoms with E-state index in [-0.39, 0.29) is 5.91 Å². The highest BCUT2D eigenvalue weighted by molar-refractivity contribution is 9.10. The van der Waals surface area contributed by atoms with Crippen LogP contribution in [-0.2, 0) is 7.05 Å². The third-order valence-corrected chi connectivity index (χ3v) is 2.73. The van der Waals surface area contributed by atoms with E-state index >= 15 is 0 Å². The van der Waals surface area contributed by atoms with E-state index in [0.29, 0.717) is 17.1 Å². The van der Waals surface area contributed by atoms with Gasteiger partial charge in [0.15, 0.2) is 0 Å². The number of amides is 1. The van der Waals surface area contributed by atoms with Gasteiger partial charge in [-0.05, 0) is 22.0 Å². The smallest absolute Gasteiger partial charge is 0.259 e. The lowest BCUT2D eigenvalue weighted by atomic mass is 10.2. The van der Waals surface area contributed by atoms with Gasteiger partial charge in [0, 0.05) is 31.0 Å². The minimum atomic E-state index is -0.235. The number of nitrogens with zero attached hydrogens (tertiary/aromatic N) is 3. The minimum absolute atomic E-state index is 0.235. The summed E-state index contributed by atoms with van der Waals surface area (Å²) in [5.74, 6) is 0.292. The lowest BCUT2D eigenvalue weighted by molar-refractivity contribution is 0.102. The molecule has 0 unspecified atom stereocenters. The Morgan fingerprint density at radius 2 is 2.22 bits per heavy atom. The SMILES string of the molecule is CNc1ncc(Br)cc1C(=O)Nc1cnn(C)c1. The summed E-state index contributed by atoms with van der Waals surface area (Å²) in [4.78, 5) is 16.2. The standard InChI is InChI=1S/C11H12BrN5O/c1-13-10-9(3-7(12)4-14-10)11(18)16-8-5-15-17(2)6-8/h3-6H,1-2H3,(H,13,14)(H,16,18). The summed E-state index contributed by atoms with van der Waals surface area (Å²) in [5.41, 5.74) is 1.11. The Morgan fingerprint density at radius 3 is 2.83 bits per heavy atom. The molecule has 2 aromatic heterocycles. The first kappa shape index (κ1) is 12.6. The van der Waals surface area contributed by atoms with Crippen molar-refractivity contribution in [1.82, 2.24) is 14.8 Å². The Hall–Kier alpha value is -1.89. The lowest BCUT2D eigenvalue weighted by Crippen LogP contribution is -2.14. The van der Waals surface area contributed by atoms with Crippen LogP contribution in [0.2, 0.25) is 0 Å². The van der Waals surface area contributed by atoms with Crippen LogP contribution < -0.4 is 10.6 Å². The van der Waals surface area contributed by atoms with Crippen molar-refractivity contribution >= 4 is 33.3 Å². The average Bonchev–Trinajstić information content (AvgIpc) is 2.74. The lowest BCUT2D eigenvalue weighted by Gasteiger charge is -2.08. The molecule has 0 radical (unpaired) electrons. The van der Waals surface area contributed by atoms with Gasteiger partial charge in [0.05, 0.1) is 17.4 Å². The molecule has 0 bridgehead atoms. The van der Waals surface area contributed by atoms with E-state index in [1.54, 1.807) is 43.4 Å². The van der Waals surface area contributed by atoms with Crippen LogP contribution in [0.4, 0.5) is 11.5 Å². The summed E-state index contributed by atoms with van der Waals surface area (Å²) in [7, 11) is 3.51. The number of aromatic nitrogens is 3. The quantitative estimate of drug-likeness (QED) is 0.908. The molecule has 2 rings (SSSR count). The molecule has 0 aliphatic rings. The zero-order valence-electron chi connectivity index (χ0n) is 9.94. The molecule has 0 fully saturated rings. The van der Waals surface area contributed by atoms with Crippen molar-refractivity contribution < 1.29 is 4.79 Å². The number of hydrogen-bond acceptors (Lipinski definition) is 4. The second kappa shape index (κ2) is 5.18. The van der Waals surface area contributed by atoms with Gasteiger partial charge in [-0.25, -0.2) is 4.98 Å². The van der Waals surface area contributed by atoms with Crippen molar-refractivity contribution in [3.05, 3.63) is 34.7 Å². The van der Waals surface area contributed by atoms with Crippen molar-refractivity contribution in [2.45, 2.75) is 0 Å². The second-order valence-electron chi connectivity index (χ2n) is 3.66. The number of carbonyl (C=O) groups excluding carboxylic acids is 1. The first-order valence-electron chi connectivity index (χ1n) is 5.23. The van der Waals surface area contributed by atoms with E-state index in [2.05, 4.69) is 36.6 Å². The molecule has 0 aromatic carbocycles. The third kappa shape index (κ3) is 2.67. The Labute approximate surface area is 113 Å². The molecule has 0 saturated heterocycles. The first-order valence-corrected chi connectivity index (χ1v) is 6.02. The molecular weight excluding hydrogens is 298 g/mol. The number of aryl methyl sites for hydroxylation is 1. The van der Waals surface area contributed by atoms with E-state index in [4.69, 9.17) is 0 Å². The number of anilines is 2. The molecule has 0 spiro atoms. The predicted molar refractivity (Wildman–Crippen MR) is 72.6 cm³/mol. The van der Waals surface area contributed by atoms with Crippen molar-refractivity contribution in [2.75, 3.05) is 17.7 Å². The monoisotopic (exact) mass is 309 g/mol. The van der Waals surface area contributed by atoms with Crippen LogP contribution in [-0.4, -0.2) is 27.7 Å². The molecule has 0 aliphatic carbocycles. The summed E-state index contributed by atoms with van der Waals surface area (Å²) in [6, 6.07) is 1.71. The fourth-order valence-electron chi connectivity index (χ4n) is 1.50. The zero-order chi connectivity index (χ0) is 13.1. The van der Waals surface area contributed by atoms with Crippen LogP contribution in [0.5, 0.6) is 0 Å². The molecule has 0 aliphatic heterocycles. The minimum Gasteiger partial charge on any atom is -0.372 e. The molecule has 0 saturated carbocycles. The van der Waals surface area contributed by atoms with Crippen LogP contribution in [0.15, 0.2) is 29.1 Å². The normalized spacial score (nSPS) is 10.2. The van der Waals surface area contributed by atoms with E-state index in [9.17, 15) is 4.79 Å². The molecule has 2 aromatic rings. The molecule has 0 atom stereocenters. The maximum atomic E-state index is 12.1. The third-order valence-electron chi connectivity index (χ3n) is 2.30. The number of carbonyl (C=O) groups is 1. The Bertz CT molecular complexity index is 581. The highest BCUT2D eigenvalue weighted by Crippen LogP contribution is 2.19. The molecule has 2 N–H and O–H groups in total. The van der Waals surface area contributed by atoms with Crippen molar-refractivity contribution in [3.8, 4) is 0 Å². The van der Waals surface area contributed by atoms with Gasteiger partial charge in [-0.15, -0.1) is 0 Å². The molecule has 7 heteroatoms. The Morgan fingerprint density at radius 1 is 1.44 bits per heavy atom. The largest absolute Gasteiger partial charge is 0.372 e. The number of nitrogens with one attached hydrogen (secondary N) is 2. The van der Waals surface area contributed by atoms with E-state index < -0.39 is 0 Å². The van der Waals surface area contributed by atoms with E-state index in [1.165, 1.54) is 0 Å². The fraction of sp³-hybridized carbons (Fsp3) is 0.182. The molecule has 1 amide bonds. The molecule has 6 nitrogen and oxygen atoms in total. The van der Waals surface area contributed by atoms with Gasteiger partial charge in [0.25, 0.3) is 5.91 Å². The summed E-state index contributed by atoms with van der Waals surface area (Å²) in [5, 5.41) is 9.62. The average molecular weight is 310 g/mol. The summed E-state index contributed by atoms with van der Waals surface area (Å²) >= 11 is 3.30. The van der Waals surface area contributed by atoms with Gasteiger partial charge in [0.2, 0.25) is 0 Å². The van der Waals surface area contributed by atoms with Crippen LogP contribution in [0.1, 0.15) is 10.4 Å². The summed E-state index contributed by atoms with van der Waals surface area (Å²) in [6.45, 7) is 0. The van der Waals surface area contributed by atoms with Crippen molar-refractivity contribution in [1.29, 1.82) is 0 Å². The number of rotatable bonds is 3. The van der Waals surface area contributed by atoms with Gasteiger partial charge < -0.3 is 10.6 Å². The first-order chi connectivity index (χ1) is 8.60. The highest BCUT2D eigenvalue weighted by Gasteiger charge is 2.13. The van der Waals surface area contributed by atoms with E-state index in [0.717, 1.165) is 4.47 Å². The molecule has 94 valence electrons. The topological polar surface area (TPSA) is 71.8 Å². The predicted octanol–water partition coefficient (Wildman–Crippen LogP) is 1.87. The van der Waals surface area contributed by atoms with Gasteiger partial charge in [0.1, 0.15) is 5.82 Å². The molecular formula is C11H12BrN5O. The van der Waals surface area contributed by atoms with Crippen LogP contribution >= 0.6 is 15.9 Å². The number of hydrogen-bond donors (Lipinski definition) is 2. The van der Waals surface area contributed by atoms with E-state index in [1.807, 2.05) is 0 Å². The fourth-order valence-corrected chi connectivity index (χ4v) is 1.83. The van der Waals surface area contributed by atoms with Crippen LogP contribution in [0.25, 0.3) is 0 Å². The summed E-state index contributed by atoms with van der Waals surface area (Å²) in [6.07, 6.45) is 4.94. The Balaban J connectivity index is 2.25. The van der Waals surface area contributed by atoms with Crippen molar-refractivity contribution in [3.63, 3.8) is 0 Å².